The van der Waals surface area contributed by atoms with Crippen molar-refractivity contribution in [1.82, 2.24) is 0 Å². The molecule has 0 spiro atoms. The van der Waals surface area contributed by atoms with Crippen molar-refractivity contribution in [2.24, 2.45) is 0 Å². The van der Waals surface area contributed by atoms with Crippen LogP contribution in [-0.2, 0) is 0 Å². The van der Waals surface area contributed by atoms with Gasteiger partial charge >= 0.3 is 0 Å². The molecular formula is C23H24N2O3. The van der Waals surface area contributed by atoms with E-state index in [4.69, 9.17) is 9.47 Å². The Morgan fingerprint density at radius 3 is 2.11 bits per heavy atom. The molecule has 3 rings (SSSR count). The fraction of sp³-hybridized carbons (Fsp3) is 0.174. The first-order valence-electron chi connectivity index (χ1n) is 9.12. The second-order valence-electron chi connectivity index (χ2n) is 6.15. The molecule has 144 valence electrons. The van der Waals surface area contributed by atoms with E-state index in [9.17, 15) is 4.79 Å². The van der Waals surface area contributed by atoms with Gasteiger partial charge in [0.1, 0.15) is 0 Å². The van der Waals surface area contributed by atoms with Crippen LogP contribution in [0.1, 0.15) is 17.3 Å². The van der Waals surface area contributed by atoms with Crippen LogP contribution >= 0.6 is 0 Å². The predicted molar refractivity (Wildman–Crippen MR) is 113 cm³/mol. The van der Waals surface area contributed by atoms with Gasteiger partial charge in [0.25, 0.3) is 5.91 Å². The lowest BCUT2D eigenvalue weighted by atomic mass is 10.1. The molecule has 3 aromatic rings. The van der Waals surface area contributed by atoms with Crippen molar-refractivity contribution in [2.45, 2.75) is 6.92 Å². The third-order valence-electron chi connectivity index (χ3n) is 4.47. The quantitative estimate of drug-likeness (QED) is 0.622. The van der Waals surface area contributed by atoms with Gasteiger partial charge in [-0.2, -0.15) is 0 Å². The van der Waals surface area contributed by atoms with Crippen LogP contribution in [-0.4, -0.2) is 26.7 Å². The van der Waals surface area contributed by atoms with Crippen LogP contribution in [0.25, 0.3) is 0 Å². The summed E-state index contributed by atoms with van der Waals surface area (Å²) in [5.41, 5.74) is 3.43. The summed E-state index contributed by atoms with van der Waals surface area (Å²) < 4.78 is 10.5. The van der Waals surface area contributed by atoms with Gasteiger partial charge in [-0.05, 0) is 61.5 Å². The Bertz CT molecular complexity index is 924. The number of methoxy groups -OCH3 is 2. The number of amides is 1. The monoisotopic (exact) mass is 376 g/mol. The molecule has 0 radical (unpaired) electrons. The van der Waals surface area contributed by atoms with E-state index in [-0.39, 0.29) is 5.91 Å². The number of nitrogens with zero attached hydrogens (tertiary/aromatic N) is 1. The first-order valence-corrected chi connectivity index (χ1v) is 9.12. The largest absolute Gasteiger partial charge is 0.493 e. The molecule has 28 heavy (non-hydrogen) atoms. The average Bonchev–Trinajstić information content (AvgIpc) is 2.75. The maximum atomic E-state index is 12.6. The van der Waals surface area contributed by atoms with Gasteiger partial charge in [0.05, 0.1) is 14.2 Å². The molecule has 0 aliphatic rings. The number of para-hydroxylation sites is 1. The molecule has 0 bridgehead atoms. The molecule has 0 saturated heterocycles. The zero-order chi connectivity index (χ0) is 19.9. The van der Waals surface area contributed by atoms with Crippen LogP contribution in [0.3, 0.4) is 0 Å². The lowest BCUT2D eigenvalue weighted by Crippen LogP contribution is -2.16. The second kappa shape index (κ2) is 8.95. The minimum absolute atomic E-state index is 0.205. The molecule has 0 aliphatic carbocycles. The van der Waals surface area contributed by atoms with Crippen molar-refractivity contribution in [3.05, 3.63) is 78.4 Å². The van der Waals surface area contributed by atoms with Crippen molar-refractivity contribution in [3.63, 3.8) is 0 Å². The highest BCUT2D eigenvalue weighted by Gasteiger charge is 2.12. The first kappa shape index (κ1) is 19.3. The summed E-state index contributed by atoms with van der Waals surface area (Å²) in [6.07, 6.45) is 0. The molecule has 5 heteroatoms. The smallest absolute Gasteiger partial charge is 0.255 e. The Morgan fingerprint density at radius 2 is 1.50 bits per heavy atom. The van der Waals surface area contributed by atoms with Crippen molar-refractivity contribution < 1.29 is 14.3 Å². The van der Waals surface area contributed by atoms with Crippen LogP contribution in [0, 0.1) is 0 Å². The predicted octanol–water partition coefficient (Wildman–Crippen LogP) is 5.11. The molecule has 0 unspecified atom stereocenters. The molecular weight excluding hydrogens is 352 g/mol. The highest BCUT2D eigenvalue weighted by atomic mass is 16.5. The number of benzene rings is 3. The molecule has 0 saturated carbocycles. The number of hydrogen-bond acceptors (Lipinski definition) is 4. The van der Waals surface area contributed by atoms with E-state index in [0.29, 0.717) is 17.1 Å². The van der Waals surface area contributed by atoms with Gasteiger partial charge in [0, 0.05) is 29.2 Å². The SMILES string of the molecule is CCN(c1ccccc1)c1ccc(NC(=O)c2ccc(OC)c(OC)c2)cc1. The molecule has 0 heterocycles. The van der Waals surface area contributed by atoms with Crippen LogP contribution < -0.4 is 19.7 Å². The van der Waals surface area contributed by atoms with Crippen LogP contribution in [0.2, 0.25) is 0 Å². The zero-order valence-corrected chi connectivity index (χ0v) is 16.3. The Balaban J connectivity index is 1.74. The second-order valence-corrected chi connectivity index (χ2v) is 6.15. The van der Waals surface area contributed by atoms with E-state index in [1.165, 1.54) is 0 Å². The number of carbonyl (C=O) groups is 1. The fourth-order valence-electron chi connectivity index (χ4n) is 3.03. The van der Waals surface area contributed by atoms with Crippen molar-refractivity contribution in [3.8, 4) is 11.5 Å². The number of hydrogen-bond donors (Lipinski definition) is 1. The van der Waals surface area contributed by atoms with Gasteiger partial charge in [-0.3, -0.25) is 4.79 Å². The maximum absolute atomic E-state index is 12.6. The molecule has 1 N–H and O–H groups in total. The third-order valence-corrected chi connectivity index (χ3v) is 4.47. The molecule has 3 aromatic carbocycles. The van der Waals surface area contributed by atoms with Gasteiger partial charge in [0.2, 0.25) is 0 Å². The molecule has 0 fully saturated rings. The third kappa shape index (κ3) is 4.26. The molecule has 0 atom stereocenters. The van der Waals surface area contributed by atoms with E-state index >= 15 is 0 Å². The topological polar surface area (TPSA) is 50.8 Å². The normalized spacial score (nSPS) is 10.2. The van der Waals surface area contributed by atoms with E-state index in [2.05, 4.69) is 29.3 Å². The fourth-order valence-corrected chi connectivity index (χ4v) is 3.03. The standard InChI is InChI=1S/C23H24N2O3/c1-4-25(19-8-6-5-7-9-19)20-13-11-18(12-14-20)24-23(26)17-10-15-21(27-2)22(16-17)28-3/h5-16H,4H2,1-3H3,(H,24,26). The molecule has 0 aliphatic heterocycles. The lowest BCUT2D eigenvalue weighted by Gasteiger charge is -2.23. The summed E-state index contributed by atoms with van der Waals surface area (Å²) >= 11 is 0. The van der Waals surface area contributed by atoms with Gasteiger partial charge in [-0.25, -0.2) is 0 Å². The van der Waals surface area contributed by atoms with Crippen molar-refractivity contribution in [2.75, 3.05) is 31.0 Å². The maximum Gasteiger partial charge on any atom is 0.255 e. The minimum Gasteiger partial charge on any atom is -0.493 e. The zero-order valence-electron chi connectivity index (χ0n) is 16.3. The van der Waals surface area contributed by atoms with Gasteiger partial charge < -0.3 is 19.7 Å². The summed E-state index contributed by atoms with van der Waals surface area (Å²) in [4.78, 5) is 14.8. The Morgan fingerprint density at radius 1 is 0.857 bits per heavy atom. The number of ether oxygens (including phenoxy) is 2. The molecule has 0 aromatic heterocycles. The summed E-state index contributed by atoms with van der Waals surface area (Å²) in [5, 5.41) is 2.92. The Kier molecular flexibility index (Phi) is 6.17. The van der Waals surface area contributed by atoms with Gasteiger partial charge in [-0.15, -0.1) is 0 Å². The Labute approximate surface area is 165 Å². The molecule has 1 amide bonds. The van der Waals surface area contributed by atoms with Crippen molar-refractivity contribution in [1.29, 1.82) is 0 Å². The summed E-state index contributed by atoms with van der Waals surface area (Å²) in [6, 6.07) is 23.1. The minimum atomic E-state index is -0.205. The van der Waals surface area contributed by atoms with Crippen molar-refractivity contribution >= 4 is 23.0 Å². The van der Waals surface area contributed by atoms with E-state index in [1.54, 1.807) is 32.4 Å². The Hall–Kier alpha value is -3.47. The van der Waals surface area contributed by atoms with Gasteiger partial charge in [-0.1, -0.05) is 18.2 Å². The first-order chi connectivity index (χ1) is 13.7. The average molecular weight is 376 g/mol. The van der Waals surface area contributed by atoms with Crippen LogP contribution in [0.15, 0.2) is 72.8 Å². The summed E-state index contributed by atoms with van der Waals surface area (Å²) in [5.74, 6) is 0.903. The van der Waals surface area contributed by atoms with E-state index in [0.717, 1.165) is 23.6 Å². The van der Waals surface area contributed by atoms with Crippen LogP contribution in [0.4, 0.5) is 17.1 Å². The molecule has 5 nitrogen and oxygen atoms in total. The summed E-state index contributed by atoms with van der Waals surface area (Å²) in [6.45, 7) is 2.96. The highest BCUT2D eigenvalue weighted by molar-refractivity contribution is 6.04. The number of carbonyl (C=O) groups excluding carboxylic acids is 1. The summed E-state index contributed by atoms with van der Waals surface area (Å²) in [7, 11) is 3.11. The number of rotatable bonds is 7. The van der Waals surface area contributed by atoms with Crippen LogP contribution in [0.5, 0.6) is 11.5 Å². The lowest BCUT2D eigenvalue weighted by molar-refractivity contribution is 0.102. The van der Waals surface area contributed by atoms with E-state index in [1.807, 2.05) is 42.5 Å². The highest BCUT2D eigenvalue weighted by Crippen LogP contribution is 2.29. The van der Waals surface area contributed by atoms with E-state index < -0.39 is 0 Å². The van der Waals surface area contributed by atoms with Gasteiger partial charge in [0.15, 0.2) is 11.5 Å². The number of nitrogens with one attached hydrogen (secondary N) is 1. The number of anilines is 3.